The van der Waals surface area contributed by atoms with Crippen LogP contribution in [-0.2, 0) is 96.1 Å². The second kappa shape index (κ2) is 55.9. The number of aromatic nitrogens is 1. The van der Waals surface area contributed by atoms with E-state index in [1.165, 1.54) is 25.5 Å². The maximum absolute atomic E-state index is 11.5. The van der Waals surface area contributed by atoms with Crippen molar-refractivity contribution in [3.05, 3.63) is 225 Å². The zero-order valence-corrected chi connectivity index (χ0v) is 63.0. The van der Waals surface area contributed by atoms with E-state index in [2.05, 4.69) is 4.98 Å². The number of methoxy groups -OCH3 is 1. The van der Waals surface area contributed by atoms with Crippen molar-refractivity contribution >= 4 is 69.6 Å². The van der Waals surface area contributed by atoms with Gasteiger partial charge in [0.1, 0.15) is 70.1 Å². The number of nitrogens with zero attached hydrogens (tertiary/aromatic N) is 1. The van der Waals surface area contributed by atoms with Crippen LogP contribution in [0.1, 0.15) is 188 Å². The molecular formula is C85H109N3O17. The molecule has 105 heavy (non-hydrogen) atoms. The van der Waals surface area contributed by atoms with Gasteiger partial charge in [0.05, 0.1) is 20.3 Å². The third-order valence-electron chi connectivity index (χ3n) is 15.2. The average molecular weight is 1440 g/mol. The van der Waals surface area contributed by atoms with Crippen molar-refractivity contribution in [2.45, 2.75) is 184 Å². The van der Waals surface area contributed by atoms with Crippen LogP contribution in [0.2, 0.25) is 0 Å². The molecule has 0 saturated carbocycles. The SMILES string of the molecule is CC(=O)CCC(=O)N1CCOCC1.CC(=O)CCC(=O)c1ccc(C)cc1.CC(=O)CCCCC(=O)OCc1ccccc1.CC(=O)CCc1ccc(=O)[nH]c1.CC(=O)CCc1ccc(O)cc1.CC(=O)CCc1cccc(N)c1.CC(=O)CCc1cccc(O)c1.COc1ccc(CCC(C)=O)cc1. The number of H-pyrrole nitrogens is 1. The van der Waals surface area contributed by atoms with Gasteiger partial charge < -0.3 is 78.4 Å². The number of ketones is 9. The molecule has 2 heterocycles. The first kappa shape index (κ1) is 92.4. The van der Waals surface area contributed by atoms with Crippen LogP contribution in [0.3, 0.4) is 0 Å². The molecule has 1 aromatic heterocycles. The number of nitrogens with one attached hydrogen (secondary N) is 1. The fraction of sp³-hybridized carbons (Fsp3) is 0.388. The summed E-state index contributed by atoms with van der Waals surface area (Å²) in [5.74, 6) is 2.59. The van der Waals surface area contributed by atoms with Crippen LogP contribution in [0.4, 0.5) is 5.69 Å². The first-order valence-corrected chi connectivity index (χ1v) is 35.2. The van der Waals surface area contributed by atoms with Crippen molar-refractivity contribution in [2.24, 2.45) is 0 Å². The van der Waals surface area contributed by atoms with Gasteiger partial charge in [-0.3, -0.25) is 19.2 Å². The Bertz CT molecular complexity index is 3720. The number of aromatic amines is 1. The molecule has 0 atom stereocenters. The third-order valence-corrected chi connectivity index (χ3v) is 15.2. The largest absolute Gasteiger partial charge is 0.508 e. The number of aromatic hydroxyl groups is 2. The summed E-state index contributed by atoms with van der Waals surface area (Å²) in [6.45, 7) is 17.4. The van der Waals surface area contributed by atoms with E-state index in [0.29, 0.717) is 128 Å². The minimum atomic E-state index is -0.197. The van der Waals surface area contributed by atoms with Gasteiger partial charge in [0.2, 0.25) is 11.5 Å². The molecule has 0 spiro atoms. The molecule has 566 valence electrons. The van der Waals surface area contributed by atoms with Gasteiger partial charge in [-0.15, -0.1) is 0 Å². The Kier molecular flexibility index (Phi) is 49.2. The fourth-order valence-electron chi connectivity index (χ4n) is 9.00. The number of nitrogen functional groups attached to an aromatic ring is 1. The molecule has 1 saturated heterocycles. The number of amides is 1. The van der Waals surface area contributed by atoms with Crippen LogP contribution in [-0.4, -0.2) is 117 Å². The summed E-state index contributed by atoms with van der Waals surface area (Å²) in [7, 11) is 1.64. The van der Waals surface area contributed by atoms with Crippen molar-refractivity contribution in [1.82, 2.24) is 9.88 Å². The molecule has 8 rings (SSSR count). The number of unbranched alkanes of at least 4 members (excludes halogenated alkanes) is 1. The number of pyridine rings is 1. The number of rotatable bonds is 30. The summed E-state index contributed by atoms with van der Waals surface area (Å²) >= 11 is 0. The molecule has 0 bridgehead atoms. The highest BCUT2D eigenvalue weighted by Crippen LogP contribution is 2.16. The lowest BCUT2D eigenvalue weighted by Crippen LogP contribution is -2.40. The topological polar surface area (TPSA) is 318 Å². The Balaban J connectivity index is 0.000000602. The summed E-state index contributed by atoms with van der Waals surface area (Å²) in [6.07, 6.45) is 12.1. The molecule has 6 aromatic carbocycles. The second-order valence-corrected chi connectivity index (χ2v) is 25.2. The smallest absolute Gasteiger partial charge is 0.306 e. The van der Waals surface area contributed by atoms with Crippen molar-refractivity contribution < 1.29 is 77.2 Å². The highest BCUT2D eigenvalue weighted by atomic mass is 16.5. The van der Waals surface area contributed by atoms with Gasteiger partial charge in [-0.25, -0.2) is 0 Å². The maximum atomic E-state index is 11.5. The van der Waals surface area contributed by atoms with E-state index < -0.39 is 0 Å². The van der Waals surface area contributed by atoms with Crippen molar-refractivity contribution in [3.8, 4) is 17.2 Å². The summed E-state index contributed by atoms with van der Waals surface area (Å²) in [4.78, 5) is 135. The molecule has 1 aliphatic rings. The molecule has 20 heteroatoms. The number of aryl methyl sites for hydroxylation is 6. The number of ether oxygens (including phenoxy) is 3. The summed E-state index contributed by atoms with van der Waals surface area (Å²) in [5, 5.41) is 18.1. The van der Waals surface area contributed by atoms with Crippen LogP contribution in [0.15, 0.2) is 175 Å². The average Bonchev–Trinajstić information content (AvgIpc) is 0.906. The standard InChI is InChI=1S/C14H18O3.C12H14O2.C11H14O2.C10H13NO.2C10H12O2.C9H15NO3.C9H11NO2/c1-12(15)7-5-6-10-14(16)17-11-13-8-3-2-4-9-13;1-9-3-6-11(7-4-9)12(14)8-5-10(2)13;1-9(12)3-4-10-5-7-11(13-2)8-6-10;1-8(12)5-6-9-3-2-4-10(11)7-9;1-8(11)2-3-9-4-6-10(12)7-5-9;1-8(11)5-6-9-3-2-4-10(12)7-9;1-8(11)2-3-9(12)10-4-6-13-7-5-10;1-7(11)2-3-8-4-5-9(12)10-6-8/h2-4,8-9H,5-7,10-11H2,1H3;3-4,6-7H,5,8H2,1-2H3;5-8H,3-4H2,1-2H3;2-4,7H,5-6,11H2,1H3;4-7,12H,2-3H2,1H3;2-4,7,12H,5-6H2,1H3;2-7H2,1H3;4-6H,2-3H2,1H3,(H,10,12). The normalized spacial score (nSPS) is 10.7. The van der Waals surface area contributed by atoms with Crippen molar-refractivity contribution in [2.75, 3.05) is 39.1 Å². The summed E-state index contributed by atoms with van der Waals surface area (Å²) < 4.78 is 15.3. The molecule has 0 radical (unpaired) electrons. The minimum absolute atomic E-state index is 0.0419. The van der Waals surface area contributed by atoms with Gasteiger partial charge >= 0.3 is 5.97 Å². The van der Waals surface area contributed by atoms with Gasteiger partial charge in [-0.2, -0.15) is 0 Å². The van der Waals surface area contributed by atoms with Crippen LogP contribution in [0, 0.1) is 6.92 Å². The van der Waals surface area contributed by atoms with Gasteiger partial charge in [0.25, 0.3) is 0 Å². The van der Waals surface area contributed by atoms with Crippen LogP contribution < -0.4 is 16.0 Å². The van der Waals surface area contributed by atoms with E-state index in [-0.39, 0.29) is 81.0 Å². The van der Waals surface area contributed by atoms with E-state index in [0.717, 1.165) is 70.5 Å². The number of phenols is 2. The lowest BCUT2D eigenvalue weighted by atomic mass is 10.0. The lowest BCUT2D eigenvalue weighted by molar-refractivity contribution is -0.145. The number of morpholine rings is 1. The Labute approximate surface area is 619 Å². The molecule has 1 fully saturated rings. The van der Waals surface area contributed by atoms with Gasteiger partial charge in [-0.05, 0) is 189 Å². The quantitative estimate of drug-likeness (QED) is 0.0141. The number of carbonyl (C=O) groups excluding carboxylic acids is 11. The Morgan fingerprint density at radius 1 is 0.438 bits per heavy atom. The van der Waals surface area contributed by atoms with E-state index in [1.807, 2.05) is 116 Å². The Hall–Kier alpha value is -10.6. The molecule has 20 nitrogen and oxygen atoms in total. The zero-order chi connectivity index (χ0) is 78.3. The predicted octanol–water partition coefficient (Wildman–Crippen LogP) is 14.4. The molecule has 0 unspecified atom stereocenters. The number of phenolic OH excluding ortho intramolecular Hbond substituents is 2. The fourth-order valence-corrected chi connectivity index (χ4v) is 9.00. The first-order chi connectivity index (χ1) is 49.9. The molecule has 1 aliphatic heterocycles. The van der Waals surface area contributed by atoms with Crippen LogP contribution in [0.5, 0.6) is 17.2 Å². The lowest BCUT2D eigenvalue weighted by Gasteiger charge is -2.26. The van der Waals surface area contributed by atoms with Crippen LogP contribution in [0.25, 0.3) is 0 Å². The molecule has 5 N–H and O–H groups in total. The second-order valence-electron chi connectivity index (χ2n) is 25.2. The number of hydrogen-bond acceptors (Lipinski definition) is 18. The highest BCUT2D eigenvalue weighted by molar-refractivity contribution is 5.98. The maximum Gasteiger partial charge on any atom is 0.306 e. The number of benzene rings is 6. The van der Waals surface area contributed by atoms with Gasteiger partial charge in [0, 0.05) is 107 Å². The number of nitrogens with two attached hydrogens (primary N) is 1. The summed E-state index contributed by atoms with van der Waals surface area (Å²) in [6, 6.07) is 49.6. The molecule has 7 aromatic rings. The Morgan fingerprint density at radius 3 is 1.34 bits per heavy atom. The number of anilines is 1. The summed E-state index contributed by atoms with van der Waals surface area (Å²) in [5.41, 5.74) is 14.4. The van der Waals surface area contributed by atoms with E-state index >= 15 is 0 Å². The zero-order valence-electron chi connectivity index (χ0n) is 63.0. The number of carbonyl (C=O) groups is 11. The predicted molar refractivity (Wildman–Crippen MR) is 410 cm³/mol. The van der Waals surface area contributed by atoms with E-state index in [1.54, 1.807) is 108 Å². The number of esters is 1. The highest BCUT2D eigenvalue weighted by Gasteiger charge is 2.17. The molecule has 0 aliphatic carbocycles. The minimum Gasteiger partial charge on any atom is -0.508 e. The van der Waals surface area contributed by atoms with Crippen LogP contribution >= 0.6 is 0 Å². The van der Waals surface area contributed by atoms with Gasteiger partial charge in [-0.1, -0.05) is 115 Å². The monoisotopic (exact) mass is 1440 g/mol. The van der Waals surface area contributed by atoms with E-state index in [9.17, 15) is 57.5 Å². The van der Waals surface area contributed by atoms with Gasteiger partial charge in [0.15, 0.2) is 5.78 Å². The van der Waals surface area contributed by atoms with Crippen molar-refractivity contribution in [3.63, 3.8) is 0 Å². The third kappa shape index (κ3) is 52.1. The first-order valence-electron chi connectivity index (χ1n) is 35.2. The van der Waals surface area contributed by atoms with E-state index in [4.69, 9.17) is 30.2 Å². The molecule has 1 amide bonds. The number of hydrogen-bond donors (Lipinski definition) is 4. The Morgan fingerprint density at radius 2 is 0.876 bits per heavy atom. The van der Waals surface area contributed by atoms with Crippen molar-refractivity contribution in [1.29, 1.82) is 0 Å². The molecular weight excluding hydrogens is 1330 g/mol. The number of Topliss-reactive ketones (excluding diaryl/α,β-unsaturated/α-hetero) is 9.